The largest absolute Gasteiger partial charge is 0.429 e. The Balaban J connectivity index is 3.14. The predicted octanol–water partition coefficient (Wildman–Crippen LogP) is 0.474. The van der Waals surface area contributed by atoms with Crippen LogP contribution in [0.2, 0.25) is 0 Å². The third-order valence-electron chi connectivity index (χ3n) is 0.185. The van der Waals surface area contributed by atoms with Crippen LogP contribution in [0.5, 0.6) is 0 Å². The van der Waals surface area contributed by atoms with Gasteiger partial charge >= 0.3 is 5.43 Å². The van der Waals surface area contributed by atoms with E-state index in [1.165, 1.54) is 0 Å². The Hall–Kier alpha value is -0.505. The molecule has 0 aromatic rings. The zero-order valence-electron chi connectivity index (χ0n) is 3.30. The van der Waals surface area contributed by atoms with Gasteiger partial charge in [0, 0.05) is 11.6 Å². The van der Waals surface area contributed by atoms with E-state index in [-0.39, 0.29) is 0 Å². The Bertz CT molecular complexity index is 93.7. The summed E-state index contributed by atoms with van der Waals surface area (Å²) in [4.78, 5) is 13.3. The van der Waals surface area contributed by atoms with Crippen molar-refractivity contribution in [3.63, 3.8) is 0 Å². The molecule has 0 aliphatic carbocycles. The Morgan fingerprint density at radius 3 is 2.71 bits per heavy atom. The summed E-state index contributed by atoms with van der Waals surface area (Å²) in [7, 11) is 4.65. The summed E-state index contributed by atoms with van der Waals surface area (Å²) in [6, 6.07) is 0. The van der Waals surface area contributed by atoms with E-state index >= 15 is 0 Å². The Morgan fingerprint density at radius 1 is 2.00 bits per heavy atom. The fourth-order valence-electron chi connectivity index (χ4n) is 0.0719. The minimum atomic E-state index is -0.998. The van der Waals surface area contributed by atoms with Crippen LogP contribution in [0.4, 0.5) is 4.79 Å². The zero-order chi connectivity index (χ0) is 5.70. The third-order valence-corrected chi connectivity index (χ3v) is 0.254. The lowest BCUT2D eigenvalue weighted by Gasteiger charge is -1.80. The van der Waals surface area contributed by atoms with Gasteiger partial charge in [-0.1, -0.05) is 5.16 Å². The van der Waals surface area contributed by atoms with Gasteiger partial charge in [0.05, 0.1) is 0 Å². The first kappa shape index (κ1) is 6.49. The summed E-state index contributed by atoms with van der Waals surface area (Å²) < 4.78 is 0. The van der Waals surface area contributed by atoms with Crippen LogP contribution in [0.15, 0.2) is 5.16 Å². The summed E-state index contributed by atoms with van der Waals surface area (Å²) in [5, 5.41) is 2.84. The van der Waals surface area contributed by atoms with Crippen molar-refractivity contribution < 1.29 is 9.63 Å². The molecule has 0 aromatic carbocycles. The van der Waals surface area contributed by atoms with Crippen molar-refractivity contribution in [3.05, 3.63) is 0 Å². The van der Waals surface area contributed by atoms with Gasteiger partial charge in [-0.2, -0.15) is 0 Å². The molecular formula is C2HBClNO2. The maximum atomic E-state index is 9.58. The van der Waals surface area contributed by atoms with Gasteiger partial charge in [0.2, 0.25) is 0 Å². The number of hydrogen-bond donors (Lipinski definition) is 0. The highest BCUT2D eigenvalue weighted by Gasteiger charge is 1.86. The maximum absolute atomic E-state index is 9.58. The van der Waals surface area contributed by atoms with Crippen LogP contribution in [0, 0.1) is 0 Å². The molecule has 0 atom stereocenters. The molecular weight excluding hydrogens is 116 g/mol. The summed E-state index contributed by atoms with van der Waals surface area (Å²) >= 11 is 4.63. The average Bonchev–Trinajstić information content (AvgIpc) is 1.61. The number of halogens is 1. The van der Waals surface area contributed by atoms with Gasteiger partial charge in [-0.05, 0) is 6.11 Å². The molecule has 0 heterocycles. The highest BCUT2D eigenvalue weighted by atomic mass is 35.5. The lowest BCUT2D eigenvalue weighted by molar-refractivity contribution is 0.179. The molecule has 0 aliphatic heterocycles. The van der Waals surface area contributed by atoms with Crippen LogP contribution in [-0.2, 0) is 4.84 Å². The van der Waals surface area contributed by atoms with E-state index in [2.05, 4.69) is 29.4 Å². The summed E-state index contributed by atoms with van der Waals surface area (Å²) in [5.41, 5.74) is -0.998. The van der Waals surface area contributed by atoms with Crippen molar-refractivity contribution in [2.45, 2.75) is 0 Å². The van der Waals surface area contributed by atoms with Crippen LogP contribution < -0.4 is 0 Å². The van der Waals surface area contributed by atoms with Gasteiger partial charge < -0.3 is 4.84 Å². The highest BCUT2D eigenvalue weighted by Crippen LogP contribution is 1.83. The number of carbonyl (C=O) groups is 1. The lowest BCUT2D eigenvalue weighted by atomic mass is 10.2. The summed E-state index contributed by atoms with van der Waals surface area (Å²) in [6.45, 7) is 0. The Kier molecular flexibility index (Phi) is 3.41. The van der Waals surface area contributed by atoms with Crippen molar-refractivity contribution in [1.82, 2.24) is 0 Å². The smallest absolute Gasteiger partial charge is 0.304 e. The van der Waals surface area contributed by atoms with Crippen molar-refractivity contribution >= 4 is 31.0 Å². The van der Waals surface area contributed by atoms with E-state index in [0.29, 0.717) is 0 Å². The fraction of sp³-hybridized carbons (Fsp3) is 0. The molecule has 5 heteroatoms. The number of carbonyl (C=O) groups excluding carboxylic acids is 1. The second kappa shape index (κ2) is 3.68. The first-order valence-electron chi connectivity index (χ1n) is 1.37. The lowest BCUT2D eigenvalue weighted by Crippen LogP contribution is -1.83. The molecule has 0 N–H and O–H groups in total. The van der Waals surface area contributed by atoms with Gasteiger partial charge in [-0.25, -0.2) is 4.79 Å². The Morgan fingerprint density at radius 2 is 2.57 bits per heavy atom. The maximum Gasteiger partial charge on any atom is 0.429 e. The number of nitrogens with zero attached hydrogens (tertiary/aromatic N) is 1. The molecule has 0 rings (SSSR count). The van der Waals surface area contributed by atoms with Crippen molar-refractivity contribution in [1.29, 1.82) is 0 Å². The van der Waals surface area contributed by atoms with Gasteiger partial charge in [0.1, 0.15) is 7.85 Å². The highest BCUT2D eigenvalue weighted by molar-refractivity contribution is 6.61. The molecule has 0 unspecified atom stereocenters. The second-order valence-corrected chi connectivity index (χ2v) is 0.892. The molecule has 0 bridgehead atoms. The van der Waals surface area contributed by atoms with Gasteiger partial charge in [0.25, 0.3) is 0 Å². The molecule has 0 saturated carbocycles. The average molecular weight is 117 g/mol. The van der Waals surface area contributed by atoms with E-state index in [0.717, 1.165) is 6.11 Å². The second-order valence-electron chi connectivity index (χ2n) is 0.583. The molecule has 2 radical (unpaired) electrons. The van der Waals surface area contributed by atoms with Crippen LogP contribution >= 0.6 is 11.6 Å². The molecule has 0 fully saturated rings. The molecule has 3 nitrogen and oxygen atoms in total. The fourth-order valence-corrected chi connectivity index (χ4v) is 0.112. The Labute approximate surface area is 46.7 Å². The molecule has 7 heavy (non-hydrogen) atoms. The standard InChI is InChI=1S/C2HBClNO2/c3-1-5-7-2(4)6/h1H/b5-1-. The molecule has 0 spiro atoms. The molecule has 0 aromatic heterocycles. The summed E-state index contributed by atoms with van der Waals surface area (Å²) in [6.07, 6.45) is 0.820. The van der Waals surface area contributed by atoms with Crippen molar-refractivity contribution in [2.75, 3.05) is 0 Å². The molecule has 36 valence electrons. The van der Waals surface area contributed by atoms with Crippen LogP contribution in [0.25, 0.3) is 0 Å². The molecule has 0 amide bonds. The number of oxime groups is 1. The zero-order valence-corrected chi connectivity index (χ0v) is 4.05. The molecule has 0 aliphatic rings. The van der Waals surface area contributed by atoms with E-state index in [1.54, 1.807) is 0 Å². The minimum absolute atomic E-state index is 0.820. The van der Waals surface area contributed by atoms with Gasteiger partial charge in [0.15, 0.2) is 0 Å². The van der Waals surface area contributed by atoms with E-state index in [9.17, 15) is 4.79 Å². The van der Waals surface area contributed by atoms with Crippen molar-refractivity contribution in [3.8, 4) is 0 Å². The van der Waals surface area contributed by atoms with Gasteiger partial charge in [-0.15, -0.1) is 0 Å². The minimum Gasteiger partial charge on any atom is -0.304 e. The quantitative estimate of drug-likeness (QED) is 0.165. The topological polar surface area (TPSA) is 38.7 Å². The van der Waals surface area contributed by atoms with E-state index in [1.807, 2.05) is 0 Å². The van der Waals surface area contributed by atoms with Crippen LogP contribution in [0.3, 0.4) is 0 Å². The number of hydrogen-bond acceptors (Lipinski definition) is 3. The summed E-state index contributed by atoms with van der Waals surface area (Å²) in [5.74, 6) is 0. The molecule has 0 saturated heterocycles. The number of rotatable bonds is 1. The monoisotopic (exact) mass is 117 g/mol. The SMILES string of the molecule is [B]/C=N\OC(=O)Cl. The van der Waals surface area contributed by atoms with Crippen LogP contribution in [-0.4, -0.2) is 19.4 Å². The normalized spacial score (nSPS) is 9.29. The van der Waals surface area contributed by atoms with E-state index < -0.39 is 5.43 Å². The first-order chi connectivity index (χ1) is 3.27. The van der Waals surface area contributed by atoms with Crippen molar-refractivity contribution in [2.24, 2.45) is 5.16 Å². The first-order valence-corrected chi connectivity index (χ1v) is 1.75. The predicted molar refractivity (Wildman–Crippen MR) is 26.6 cm³/mol. The van der Waals surface area contributed by atoms with Crippen LogP contribution in [0.1, 0.15) is 0 Å². The van der Waals surface area contributed by atoms with E-state index in [4.69, 9.17) is 0 Å². The third kappa shape index (κ3) is 5.49. The van der Waals surface area contributed by atoms with Gasteiger partial charge in [-0.3, -0.25) is 0 Å².